The second-order valence-corrected chi connectivity index (χ2v) is 4.32. The van der Waals surface area contributed by atoms with Crippen LogP contribution in [0.15, 0.2) is 28.9 Å². The summed E-state index contributed by atoms with van der Waals surface area (Å²) in [6.07, 6.45) is 1.78. The summed E-state index contributed by atoms with van der Waals surface area (Å²) in [6.45, 7) is 2.09. The molecule has 0 amide bonds. The topological polar surface area (TPSA) is 30.7 Å². The summed E-state index contributed by atoms with van der Waals surface area (Å²) in [6, 6.07) is 5.59. The molecule has 0 saturated carbocycles. The zero-order valence-electron chi connectivity index (χ0n) is 8.54. The predicted molar refractivity (Wildman–Crippen MR) is 66.1 cm³/mol. The summed E-state index contributed by atoms with van der Waals surface area (Å²) >= 11 is 9.46. The van der Waals surface area contributed by atoms with E-state index in [0.29, 0.717) is 21.8 Å². The van der Waals surface area contributed by atoms with E-state index in [1.807, 2.05) is 18.2 Å². The van der Waals surface area contributed by atoms with Crippen LogP contribution in [0.1, 0.15) is 17.4 Å². The Morgan fingerprint density at radius 3 is 3.00 bits per heavy atom. The Morgan fingerprint density at radius 2 is 2.31 bits per heavy atom. The summed E-state index contributed by atoms with van der Waals surface area (Å²) in [5.41, 5.74) is 1.20. The maximum Gasteiger partial charge on any atom is 0.356 e. The largest absolute Gasteiger partial charge is 0.461 e. The highest BCUT2D eigenvalue weighted by atomic mass is 79.9. The van der Waals surface area contributed by atoms with Gasteiger partial charge in [-0.3, -0.25) is 0 Å². The van der Waals surface area contributed by atoms with Crippen LogP contribution in [0.4, 0.5) is 0 Å². The average Bonchev–Trinajstić information content (AvgIpc) is 2.53. The van der Waals surface area contributed by atoms with Crippen LogP contribution in [0, 0.1) is 0 Å². The SMILES string of the molecule is CCOC(=O)c1c(Cl)c(Br)c2ccccn12. The Morgan fingerprint density at radius 1 is 1.56 bits per heavy atom. The molecule has 0 unspecified atom stereocenters. The van der Waals surface area contributed by atoms with Gasteiger partial charge in [0.25, 0.3) is 0 Å². The number of fused-ring (bicyclic) bond motifs is 1. The fourth-order valence-electron chi connectivity index (χ4n) is 1.53. The number of carbonyl (C=O) groups excluding carboxylic acids is 1. The first kappa shape index (κ1) is 11.5. The van der Waals surface area contributed by atoms with E-state index in [0.717, 1.165) is 5.52 Å². The van der Waals surface area contributed by atoms with Crippen molar-refractivity contribution in [1.82, 2.24) is 4.40 Å². The number of aromatic nitrogens is 1. The van der Waals surface area contributed by atoms with Gasteiger partial charge in [-0.1, -0.05) is 17.7 Å². The van der Waals surface area contributed by atoms with E-state index in [9.17, 15) is 4.79 Å². The molecule has 0 N–H and O–H groups in total. The number of halogens is 2. The summed E-state index contributed by atoms with van der Waals surface area (Å²) in [7, 11) is 0. The molecule has 0 fully saturated rings. The molecule has 0 saturated heterocycles. The summed E-state index contributed by atoms with van der Waals surface area (Å²) in [5.74, 6) is -0.417. The van der Waals surface area contributed by atoms with Gasteiger partial charge in [-0.25, -0.2) is 4.79 Å². The fourth-order valence-corrected chi connectivity index (χ4v) is 2.30. The Kier molecular flexibility index (Phi) is 3.21. The second kappa shape index (κ2) is 4.47. The Bertz CT molecular complexity index is 550. The Hall–Kier alpha value is -1.00. The third-order valence-corrected chi connectivity index (χ3v) is 3.59. The molecule has 2 rings (SSSR count). The first-order chi connectivity index (χ1) is 7.66. The normalized spacial score (nSPS) is 10.7. The molecule has 2 heterocycles. The van der Waals surface area contributed by atoms with Gasteiger partial charge in [-0.2, -0.15) is 0 Å². The molecule has 2 aromatic heterocycles. The lowest BCUT2D eigenvalue weighted by atomic mass is 10.4. The van der Waals surface area contributed by atoms with Crippen molar-refractivity contribution in [3.05, 3.63) is 39.6 Å². The molecule has 0 atom stereocenters. The van der Waals surface area contributed by atoms with Crippen LogP contribution in [0.2, 0.25) is 5.02 Å². The molecular formula is C11H9BrClNO2. The van der Waals surface area contributed by atoms with Crippen molar-refractivity contribution in [2.75, 3.05) is 6.61 Å². The second-order valence-electron chi connectivity index (χ2n) is 3.15. The highest BCUT2D eigenvalue weighted by molar-refractivity contribution is 9.10. The molecular weight excluding hydrogens is 293 g/mol. The van der Waals surface area contributed by atoms with Crippen molar-refractivity contribution in [3.8, 4) is 0 Å². The van der Waals surface area contributed by atoms with E-state index in [1.54, 1.807) is 17.5 Å². The number of hydrogen-bond acceptors (Lipinski definition) is 2. The smallest absolute Gasteiger partial charge is 0.356 e. The molecule has 5 heteroatoms. The summed E-state index contributed by atoms with van der Waals surface area (Å²) < 4.78 is 7.38. The van der Waals surface area contributed by atoms with Crippen LogP contribution in [-0.4, -0.2) is 17.0 Å². The zero-order chi connectivity index (χ0) is 11.7. The Labute approximate surface area is 106 Å². The molecule has 0 aliphatic carbocycles. The molecule has 0 radical (unpaired) electrons. The average molecular weight is 303 g/mol. The van der Waals surface area contributed by atoms with E-state index in [-0.39, 0.29) is 0 Å². The lowest BCUT2D eigenvalue weighted by molar-refractivity contribution is 0.0518. The van der Waals surface area contributed by atoms with Crippen LogP contribution in [0.5, 0.6) is 0 Å². The Balaban J connectivity index is 2.68. The number of rotatable bonds is 2. The minimum absolute atomic E-state index is 0.326. The zero-order valence-corrected chi connectivity index (χ0v) is 10.9. The van der Waals surface area contributed by atoms with Crippen molar-refractivity contribution < 1.29 is 9.53 Å². The van der Waals surface area contributed by atoms with E-state index in [1.165, 1.54) is 0 Å². The van der Waals surface area contributed by atoms with Gasteiger partial charge in [0.15, 0.2) is 5.69 Å². The van der Waals surface area contributed by atoms with Crippen LogP contribution >= 0.6 is 27.5 Å². The third kappa shape index (κ3) is 1.72. The van der Waals surface area contributed by atoms with Crippen LogP contribution < -0.4 is 0 Å². The highest BCUT2D eigenvalue weighted by Gasteiger charge is 2.21. The number of esters is 1. The van der Waals surface area contributed by atoms with Gasteiger partial charge in [0.2, 0.25) is 0 Å². The molecule has 0 aliphatic rings. The molecule has 0 spiro atoms. The van der Waals surface area contributed by atoms with Crippen LogP contribution in [0.3, 0.4) is 0 Å². The molecule has 0 aliphatic heterocycles. The van der Waals surface area contributed by atoms with Gasteiger partial charge in [0.05, 0.1) is 21.6 Å². The van der Waals surface area contributed by atoms with Gasteiger partial charge in [0, 0.05) is 6.20 Å². The molecule has 0 bridgehead atoms. The summed E-state index contributed by atoms with van der Waals surface area (Å²) in [5, 5.41) is 0.379. The quantitative estimate of drug-likeness (QED) is 0.795. The minimum atomic E-state index is -0.417. The van der Waals surface area contributed by atoms with E-state index >= 15 is 0 Å². The highest BCUT2D eigenvalue weighted by Crippen LogP contribution is 2.33. The standard InChI is InChI=1S/C11H9BrClNO2/c1-2-16-11(15)10-9(13)8(12)7-5-3-4-6-14(7)10/h3-6H,2H2,1H3. The van der Waals surface area contributed by atoms with Gasteiger partial charge >= 0.3 is 5.97 Å². The minimum Gasteiger partial charge on any atom is -0.461 e. The van der Waals surface area contributed by atoms with Crippen molar-refractivity contribution >= 4 is 39.0 Å². The summed E-state index contributed by atoms with van der Waals surface area (Å²) in [4.78, 5) is 11.7. The number of carbonyl (C=O) groups is 1. The maximum absolute atomic E-state index is 11.7. The van der Waals surface area contributed by atoms with Crippen molar-refractivity contribution in [1.29, 1.82) is 0 Å². The van der Waals surface area contributed by atoms with Gasteiger partial charge in [-0.15, -0.1) is 0 Å². The number of hydrogen-bond donors (Lipinski definition) is 0. The first-order valence-electron chi connectivity index (χ1n) is 4.78. The van der Waals surface area contributed by atoms with Crippen LogP contribution in [-0.2, 0) is 4.74 Å². The van der Waals surface area contributed by atoms with Gasteiger partial charge in [-0.05, 0) is 35.0 Å². The van der Waals surface area contributed by atoms with E-state index < -0.39 is 5.97 Å². The number of pyridine rings is 1. The lowest BCUT2D eigenvalue weighted by Gasteiger charge is -2.02. The molecule has 3 nitrogen and oxygen atoms in total. The van der Waals surface area contributed by atoms with Crippen molar-refractivity contribution in [3.63, 3.8) is 0 Å². The van der Waals surface area contributed by atoms with E-state index in [2.05, 4.69) is 15.9 Å². The first-order valence-corrected chi connectivity index (χ1v) is 5.95. The van der Waals surface area contributed by atoms with Crippen molar-refractivity contribution in [2.45, 2.75) is 6.92 Å². The maximum atomic E-state index is 11.7. The number of nitrogens with zero attached hydrogens (tertiary/aromatic N) is 1. The molecule has 84 valence electrons. The predicted octanol–water partition coefficient (Wildman–Crippen LogP) is 3.53. The van der Waals surface area contributed by atoms with Crippen LogP contribution in [0.25, 0.3) is 5.52 Å². The van der Waals surface area contributed by atoms with Gasteiger partial charge < -0.3 is 9.14 Å². The molecule has 0 aromatic carbocycles. The van der Waals surface area contributed by atoms with Gasteiger partial charge in [0.1, 0.15) is 0 Å². The number of ether oxygens (including phenoxy) is 1. The van der Waals surface area contributed by atoms with E-state index in [4.69, 9.17) is 16.3 Å². The monoisotopic (exact) mass is 301 g/mol. The third-order valence-electron chi connectivity index (χ3n) is 2.20. The fraction of sp³-hybridized carbons (Fsp3) is 0.182. The molecule has 2 aromatic rings. The molecule has 16 heavy (non-hydrogen) atoms. The lowest BCUT2D eigenvalue weighted by Crippen LogP contribution is -2.08. The van der Waals surface area contributed by atoms with Crippen molar-refractivity contribution in [2.24, 2.45) is 0 Å².